The number of carboxylic acid groups (broad SMARTS) is 1. The maximum atomic E-state index is 11.4. The van der Waals surface area contributed by atoms with Crippen LogP contribution in [0.15, 0.2) is 0 Å². The van der Waals surface area contributed by atoms with E-state index in [-0.39, 0.29) is 11.8 Å². The molecule has 1 saturated carbocycles. The molecule has 1 atom stereocenters. The number of rotatable bonds is 8. The van der Waals surface area contributed by atoms with E-state index in [1.807, 2.05) is 0 Å². The van der Waals surface area contributed by atoms with E-state index in [0.717, 1.165) is 38.5 Å². The first-order valence-electron chi connectivity index (χ1n) is 6.18. The first-order valence-corrected chi connectivity index (χ1v) is 6.18. The minimum absolute atomic E-state index is 0.0807. The zero-order chi connectivity index (χ0) is 12.0. The fraction of sp³-hybridized carbons (Fsp3) is 0.833. The highest BCUT2D eigenvalue weighted by Crippen LogP contribution is 2.29. The number of aliphatic carboxylic acids is 1. The van der Waals surface area contributed by atoms with E-state index in [4.69, 9.17) is 5.11 Å². The third-order valence-corrected chi connectivity index (χ3v) is 2.91. The summed E-state index contributed by atoms with van der Waals surface area (Å²) in [6.45, 7) is 2.11. The minimum Gasteiger partial charge on any atom is -0.480 e. The molecule has 0 aromatic heterocycles. The lowest BCUT2D eigenvalue weighted by atomic mass is 10.1. The fourth-order valence-corrected chi connectivity index (χ4v) is 1.67. The Balaban J connectivity index is 2.23. The van der Waals surface area contributed by atoms with Crippen LogP contribution < -0.4 is 5.32 Å². The Morgan fingerprint density at radius 1 is 1.31 bits per heavy atom. The van der Waals surface area contributed by atoms with E-state index >= 15 is 0 Å². The summed E-state index contributed by atoms with van der Waals surface area (Å²) < 4.78 is 0. The van der Waals surface area contributed by atoms with Crippen molar-refractivity contribution in [2.75, 3.05) is 0 Å². The van der Waals surface area contributed by atoms with Crippen molar-refractivity contribution < 1.29 is 14.7 Å². The molecule has 2 N–H and O–H groups in total. The van der Waals surface area contributed by atoms with Crippen LogP contribution in [0.4, 0.5) is 0 Å². The molecule has 1 fully saturated rings. The van der Waals surface area contributed by atoms with Crippen LogP contribution in [-0.2, 0) is 9.59 Å². The van der Waals surface area contributed by atoms with Crippen LogP contribution in [0.5, 0.6) is 0 Å². The van der Waals surface area contributed by atoms with Gasteiger partial charge in [0, 0.05) is 5.92 Å². The van der Waals surface area contributed by atoms with E-state index in [1.165, 1.54) is 0 Å². The van der Waals surface area contributed by atoms with Crippen molar-refractivity contribution in [2.45, 2.75) is 57.9 Å². The Morgan fingerprint density at radius 2 is 2.00 bits per heavy atom. The monoisotopic (exact) mass is 227 g/mol. The molecule has 0 spiro atoms. The maximum Gasteiger partial charge on any atom is 0.326 e. The number of carboxylic acids is 1. The number of amides is 1. The van der Waals surface area contributed by atoms with Crippen LogP contribution in [0.1, 0.15) is 51.9 Å². The van der Waals surface area contributed by atoms with Crippen molar-refractivity contribution in [3.8, 4) is 0 Å². The van der Waals surface area contributed by atoms with Crippen LogP contribution in [0.3, 0.4) is 0 Å². The molecule has 0 aliphatic heterocycles. The summed E-state index contributed by atoms with van der Waals surface area (Å²) in [6, 6.07) is -0.690. The molecule has 0 unspecified atom stereocenters. The summed E-state index contributed by atoms with van der Waals surface area (Å²) >= 11 is 0. The van der Waals surface area contributed by atoms with Crippen LogP contribution in [0.2, 0.25) is 0 Å². The van der Waals surface area contributed by atoms with Crippen molar-refractivity contribution in [3.63, 3.8) is 0 Å². The standard InChI is InChI=1S/C12H21NO3/c1-2-3-4-5-6-10(12(15)16)13-11(14)9-7-8-9/h9-10H,2-8H2,1H3,(H,13,14)(H,15,16)/t10-/m1/s1. The van der Waals surface area contributed by atoms with Gasteiger partial charge in [-0.25, -0.2) is 4.79 Å². The van der Waals surface area contributed by atoms with E-state index < -0.39 is 12.0 Å². The van der Waals surface area contributed by atoms with Crippen LogP contribution in [0.25, 0.3) is 0 Å². The average molecular weight is 227 g/mol. The maximum absolute atomic E-state index is 11.4. The summed E-state index contributed by atoms with van der Waals surface area (Å²) in [4.78, 5) is 22.4. The van der Waals surface area contributed by atoms with Gasteiger partial charge in [-0.15, -0.1) is 0 Å². The topological polar surface area (TPSA) is 66.4 Å². The van der Waals surface area contributed by atoms with Gasteiger partial charge in [0.15, 0.2) is 0 Å². The highest BCUT2D eigenvalue weighted by molar-refractivity contribution is 5.86. The summed E-state index contributed by atoms with van der Waals surface area (Å²) in [5, 5.41) is 11.6. The van der Waals surface area contributed by atoms with Gasteiger partial charge in [-0.05, 0) is 19.3 Å². The van der Waals surface area contributed by atoms with Crippen molar-refractivity contribution in [3.05, 3.63) is 0 Å². The highest BCUT2D eigenvalue weighted by Gasteiger charge is 2.32. The molecule has 4 heteroatoms. The third kappa shape index (κ3) is 4.64. The van der Waals surface area contributed by atoms with Gasteiger partial charge in [0.05, 0.1) is 0 Å². The van der Waals surface area contributed by atoms with E-state index in [0.29, 0.717) is 6.42 Å². The number of hydrogen-bond donors (Lipinski definition) is 2. The molecule has 0 radical (unpaired) electrons. The summed E-state index contributed by atoms with van der Waals surface area (Å²) in [5.41, 5.74) is 0. The smallest absolute Gasteiger partial charge is 0.326 e. The zero-order valence-corrected chi connectivity index (χ0v) is 9.87. The Morgan fingerprint density at radius 3 is 2.50 bits per heavy atom. The molecule has 1 aliphatic carbocycles. The lowest BCUT2D eigenvalue weighted by Gasteiger charge is -2.13. The molecule has 1 aliphatic rings. The molecule has 4 nitrogen and oxygen atoms in total. The van der Waals surface area contributed by atoms with Gasteiger partial charge < -0.3 is 10.4 Å². The quantitative estimate of drug-likeness (QED) is 0.623. The molecular weight excluding hydrogens is 206 g/mol. The Kier molecular flexibility index (Phi) is 5.29. The van der Waals surface area contributed by atoms with Crippen molar-refractivity contribution in [1.29, 1.82) is 0 Å². The Bertz CT molecular complexity index is 249. The summed E-state index contributed by atoms with van der Waals surface area (Å²) in [5.74, 6) is -0.911. The number of unbranched alkanes of at least 4 members (excludes halogenated alkanes) is 3. The third-order valence-electron chi connectivity index (χ3n) is 2.91. The highest BCUT2D eigenvalue weighted by atomic mass is 16.4. The van der Waals surface area contributed by atoms with Crippen LogP contribution >= 0.6 is 0 Å². The Labute approximate surface area is 96.4 Å². The van der Waals surface area contributed by atoms with Crippen molar-refractivity contribution >= 4 is 11.9 Å². The Hall–Kier alpha value is -1.06. The molecule has 1 amide bonds. The second-order valence-electron chi connectivity index (χ2n) is 4.52. The SMILES string of the molecule is CCCCCC[C@@H](NC(=O)C1CC1)C(=O)O. The molecule has 1 rings (SSSR count). The number of carbonyl (C=O) groups is 2. The lowest BCUT2D eigenvalue weighted by molar-refractivity contribution is -0.142. The van der Waals surface area contributed by atoms with E-state index in [2.05, 4.69) is 12.2 Å². The molecule has 0 bridgehead atoms. The van der Waals surface area contributed by atoms with Gasteiger partial charge in [-0.2, -0.15) is 0 Å². The number of nitrogens with one attached hydrogen (secondary N) is 1. The zero-order valence-electron chi connectivity index (χ0n) is 9.87. The van der Waals surface area contributed by atoms with Gasteiger partial charge in [0.2, 0.25) is 5.91 Å². The van der Waals surface area contributed by atoms with Gasteiger partial charge >= 0.3 is 5.97 Å². The molecular formula is C12H21NO3. The van der Waals surface area contributed by atoms with Crippen molar-refractivity contribution in [2.24, 2.45) is 5.92 Å². The predicted molar refractivity (Wildman–Crippen MR) is 61.0 cm³/mol. The molecule has 0 saturated heterocycles. The van der Waals surface area contributed by atoms with Gasteiger partial charge in [-0.3, -0.25) is 4.79 Å². The average Bonchev–Trinajstić information content (AvgIpc) is 3.05. The van der Waals surface area contributed by atoms with Gasteiger partial charge in [-0.1, -0.05) is 32.6 Å². The van der Waals surface area contributed by atoms with Crippen molar-refractivity contribution in [1.82, 2.24) is 5.32 Å². The van der Waals surface area contributed by atoms with Gasteiger partial charge in [0.1, 0.15) is 6.04 Å². The van der Waals surface area contributed by atoms with E-state index in [1.54, 1.807) is 0 Å². The second-order valence-corrected chi connectivity index (χ2v) is 4.52. The van der Waals surface area contributed by atoms with Crippen LogP contribution in [-0.4, -0.2) is 23.0 Å². The fourth-order valence-electron chi connectivity index (χ4n) is 1.67. The number of hydrogen-bond acceptors (Lipinski definition) is 2. The summed E-state index contributed by atoms with van der Waals surface area (Å²) in [6.07, 6.45) is 6.54. The second kappa shape index (κ2) is 6.51. The normalized spacial score (nSPS) is 16.8. The predicted octanol–water partition coefficient (Wildman–Crippen LogP) is 1.94. The van der Waals surface area contributed by atoms with Gasteiger partial charge in [0.25, 0.3) is 0 Å². The number of carbonyl (C=O) groups excluding carboxylic acids is 1. The lowest BCUT2D eigenvalue weighted by Crippen LogP contribution is -2.41. The van der Waals surface area contributed by atoms with Crippen LogP contribution in [0, 0.1) is 5.92 Å². The first kappa shape index (κ1) is 13.0. The summed E-state index contributed by atoms with van der Waals surface area (Å²) in [7, 11) is 0. The first-order chi connectivity index (χ1) is 7.65. The minimum atomic E-state index is -0.912. The largest absolute Gasteiger partial charge is 0.480 e. The van der Waals surface area contributed by atoms with E-state index in [9.17, 15) is 9.59 Å². The molecule has 0 aromatic rings. The molecule has 92 valence electrons. The molecule has 0 heterocycles. The molecule has 16 heavy (non-hydrogen) atoms. The molecule has 0 aromatic carbocycles.